The second kappa shape index (κ2) is 7.79. The Morgan fingerprint density at radius 3 is 2.85 bits per heavy atom. The highest BCUT2D eigenvalue weighted by molar-refractivity contribution is 6.16. The number of nitrogen functional groups attached to an aromatic ring is 2. The third-order valence-corrected chi connectivity index (χ3v) is 4.03. The number of carboxylic acids is 1. The Hall–Kier alpha value is -3.53. The van der Waals surface area contributed by atoms with Gasteiger partial charge in [-0.15, -0.1) is 0 Å². The number of hydrogen-bond acceptors (Lipinski definition) is 8. The first kappa shape index (κ1) is 18.3. The molecule has 0 bridgehead atoms. The van der Waals surface area contributed by atoms with Crippen LogP contribution in [0.15, 0.2) is 28.9 Å². The molecule has 3 aromatic rings. The van der Waals surface area contributed by atoms with Gasteiger partial charge in [0.25, 0.3) is 6.01 Å². The molecule has 0 aliphatic carbocycles. The number of carboxylic acid groups (broad SMARTS) is 1. The van der Waals surface area contributed by atoms with Crippen LogP contribution >= 0.6 is 0 Å². The maximum Gasteiger partial charge on any atom is 0.303 e. The molecule has 0 spiro atoms. The summed E-state index contributed by atoms with van der Waals surface area (Å²) in [7, 11) is 0. The average Bonchev–Trinajstić information content (AvgIpc) is 3.00. The SMILES string of the molecule is N=C(c1ccc2oc(N)nc2c1)c1c(N)ncnc1[NH2+]CCCCC(=O)O. The Kier molecular flexibility index (Phi) is 5.27. The molecule has 10 nitrogen and oxygen atoms in total. The standard InChI is InChI=1S/C17H19N7O3/c18-14(9-4-5-11-10(7-9)24-17(20)27-11)13-15(19)22-8-23-16(13)21-6-2-1-3-12(25)26/h4-5,7-8,18H,1-3,6H2,(H2,20,24)(H,25,26)(H3,19,21,22,23)/p+1. The molecule has 0 fully saturated rings. The fraction of sp³-hybridized carbons (Fsp3) is 0.235. The molecule has 0 saturated carbocycles. The molecule has 0 amide bonds. The van der Waals surface area contributed by atoms with E-state index in [1.54, 1.807) is 18.2 Å². The van der Waals surface area contributed by atoms with Gasteiger partial charge in [-0.05, 0) is 31.0 Å². The minimum atomic E-state index is -0.812. The van der Waals surface area contributed by atoms with E-state index >= 15 is 0 Å². The second-order valence-corrected chi connectivity index (χ2v) is 5.97. The van der Waals surface area contributed by atoms with E-state index in [-0.39, 0.29) is 24.0 Å². The van der Waals surface area contributed by atoms with Gasteiger partial charge in [0.1, 0.15) is 23.2 Å². The lowest BCUT2D eigenvalue weighted by molar-refractivity contribution is -0.575. The summed E-state index contributed by atoms with van der Waals surface area (Å²) in [5.74, 6) is -0.0678. The summed E-state index contributed by atoms with van der Waals surface area (Å²) in [6, 6.07) is 5.17. The predicted molar refractivity (Wildman–Crippen MR) is 98.7 cm³/mol. The molecule has 2 aromatic heterocycles. The number of nitrogens with zero attached hydrogens (tertiary/aromatic N) is 3. The normalized spacial score (nSPS) is 11.0. The van der Waals surface area contributed by atoms with Crippen molar-refractivity contribution in [2.24, 2.45) is 0 Å². The molecule has 140 valence electrons. The molecule has 10 heteroatoms. The number of fused-ring (bicyclic) bond motifs is 1. The number of unbranched alkanes of at least 4 members (excludes halogenated alkanes) is 1. The van der Waals surface area contributed by atoms with Crippen LogP contribution in [0.5, 0.6) is 0 Å². The molecule has 3 rings (SSSR count). The first-order valence-electron chi connectivity index (χ1n) is 8.36. The number of carbonyl (C=O) groups is 1. The monoisotopic (exact) mass is 370 g/mol. The fourth-order valence-electron chi connectivity index (χ4n) is 2.73. The van der Waals surface area contributed by atoms with E-state index in [4.69, 9.17) is 26.4 Å². The maximum absolute atomic E-state index is 10.6. The number of nitrogens with two attached hydrogens (primary N) is 3. The fourth-order valence-corrected chi connectivity index (χ4v) is 2.73. The topological polar surface area (TPSA) is 182 Å². The Balaban J connectivity index is 1.81. The molecule has 8 N–H and O–H groups in total. The summed E-state index contributed by atoms with van der Waals surface area (Å²) < 4.78 is 5.25. The van der Waals surface area contributed by atoms with E-state index in [1.807, 2.05) is 5.32 Å². The van der Waals surface area contributed by atoms with Crippen molar-refractivity contribution in [3.05, 3.63) is 35.7 Å². The molecule has 0 radical (unpaired) electrons. The van der Waals surface area contributed by atoms with Gasteiger partial charge in [-0.2, -0.15) is 9.97 Å². The van der Waals surface area contributed by atoms with Crippen molar-refractivity contribution in [1.29, 1.82) is 5.41 Å². The summed E-state index contributed by atoms with van der Waals surface area (Å²) in [5, 5.41) is 19.1. The van der Waals surface area contributed by atoms with Crippen LogP contribution in [0.4, 0.5) is 17.7 Å². The summed E-state index contributed by atoms with van der Waals surface area (Å²) in [6.07, 6.45) is 2.75. The van der Waals surface area contributed by atoms with Gasteiger partial charge in [0.15, 0.2) is 5.58 Å². The summed E-state index contributed by atoms with van der Waals surface area (Å²) in [6.45, 7) is 0.628. The molecule has 0 saturated heterocycles. The van der Waals surface area contributed by atoms with Crippen molar-refractivity contribution < 1.29 is 19.6 Å². The highest BCUT2D eigenvalue weighted by Crippen LogP contribution is 2.23. The van der Waals surface area contributed by atoms with Crippen LogP contribution in [0.3, 0.4) is 0 Å². The molecular formula is C17H20N7O3+. The molecule has 0 aliphatic heterocycles. The number of benzene rings is 1. The van der Waals surface area contributed by atoms with Crippen molar-refractivity contribution >= 4 is 40.4 Å². The molecular weight excluding hydrogens is 350 g/mol. The zero-order valence-electron chi connectivity index (χ0n) is 14.5. The number of nitrogens with one attached hydrogen (secondary N) is 1. The summed E-state index contributed by atoms with van der Waals surface area (Å²) >= 11 is 0. The molecule has 1 aromatic carbocycles. The Morgan fingerprint density at radius 1 is 1.26 bits per heavy atom. The number of aliphatic carboxylic acids is 1. The summed E-state index contributed by atoms with van der Waals surface area (Å²) in [5.41, 5.74) is 13.8. The van der Waals surface area contributed by atoms with Crippen molar-refractivity contribution in [3.8, 4) is 0 Å². The van der Waals surface area contributed by atoms with Gasteiger partial charge in [0.05, 0.1) is 12.3 Å². The van der Waals surface area contributed by atoms with E-state index in [9.17, 15) is 4.79 Å². The number of aromatic nitrogens is 3. The third kappa shape index (κ3) is 4.18. The van der Waals surface area contributed by atoms with Gasteiger partial charge in [-0.25, -0.2) is 4.98 Å². The molecule has 2 heterocycles. The number of rotatable bonds is 8. The van der Waals surface area contributed by atoms with Crippen LogP contribution in [-0.2, 0) is 4.79 Å². The Bertz CT molecular complexity index is 999. The number of anilines is 2. The maximum atomic E-state index is 10.6. The van der Waals surface area contributed by atoms with Gasteiger partial charge in [0.2, 0.25) is 5.82 Å². The highest BCUT2D eigenvalue weighted by Gasteiger charge is 2.20. The van der Waals surface area contributed by atoms with Crippen LogP contribution in [0.25, 0.3) is 11.1 Å². The lowest BCUT2D eigenvalue weighted by atomic mass is 10.0. The van der Waals surface area contributed by atoms with Crippen molar-refractivity contribution in [3.63, 3.8) is 0 Å². The smallest absolute Gasteiger partial charge is 0.303 e. The number of hydrogen-bond donors (Lipinski definition) is 5. The van der Waals surface area contributed by atoms with Crippen molar-refractivity contribution in [2.45, 2.75) is 19.3 Å². The number of oxazole rings is 1. The highest BCUT2D eigenvalue weighted by atomic mass is 16.4. The van der Waals surface area contributed by atoms with E-state index in [0.29, 0.717) is 47.4 Å². The molecule has 0 aliphatic rings. The second-order valence-electron chi connectivity index (χ2n) is 5.97. The van der Waals surface area contributed by atoms with Crippen molar-refractivity contribution in [1.82, 2.24) is 15.0 Å². The Labute approximate surface area is 154 Å². The van der Waals surface area contributed by atoms with Gasteiger partial charge in [-0.1, -0.05) is 0 Å². The van der Waals surface area contributed by atoms with Gasteiger partial charge in [-0.3, -0.25) is 15.5 Å². The minimum absolute atomic E-state index is 0.0617. The third-order valence-electron chi connectivity index (χ3n) is 4.03. The van der Waals surface area contributed by atoms with E-state index in [1.165, 1.54) is 6.33 Å². The average molecular weight is 370 g/mol. The lowest BCUT2D eigenvalue weighted by Crippen LogP contribution is -2.79. The van der Waals surface area contributed by atoms with E-state index < -0.39 is 5.97 Å². The van der Waals surface area contributed by atoms with Crippen molar-refractivity contribution in [2.75, 3.05) is 18.0 Å². The Morgan fingerprint density at radius 2 is 2.07 bits per heavy atom. The van der Waals surface area contributed by atoms with Crippen LogP contribution in [0.2, 0.25) is 0 Å². The van der Waals surface area contributed by atoms with Gasteiger partial charge in [0, 0.05) is 12.0 Å². The van der Waals surface area contributed by atoms with Crippen LogP contribution in [0.1, 0.15) is 30.4 Å². The first-order valence-corrected chi connectivity index (χ1v) is 8.36. The predicted octanol–water partition coefficient (Wildman–Crippen LogP) is 0.648. The van der Waals surface area contributed by atoms with Gasteiger partial charge >= 0.3 is 5.97 Å². The molecule has 0 unspecified atom stereocenters. The zero-order valence-corrected chi connectivity index (χ0v) is 14.5. The first-order chi connectivity index (χ1) is 13.0. The van der Waals surface area contributed by atoms with E-state index in [2.05, 4.69) is 15.0 Å². The van der Waals surface area contributed by atoms with Gasteiger partial charge < -0.3 is 21.0 Å². The molecule has 0 atom stereocenters. The van der Waals surface area contributed by atoms with Crippen LogP contribution in [0, 0.1) is 5.41 Å². The van der Waals surface area contributed by atoms with Crippen LogP contribution < -0.4 is 16.8 Å². The quantitative estimate of drug-likeness (QED) is 0.283. The largest absolute Gasteiger partial charge is 0.481 e. The zero-order chi connectivity index (χ0) is 19.4. The minimum Gasteiger partial charge on any atom is -0.481 e. The number of quaternary nitrogens is 1. The lowest BCUT2D eigenvalue weighted by Gasteiger charge is -2.10. The van der Waals surface area contributed by atoms with E-state index in [0.717, 1.165) is 0 Å². The van der Waals surface area contributed by atoms with Crippen LogP contribution in [-0.4, -0.2) is 38.3 Å². The molecule has 27 heavy (non-hydrogen) atoms. The summed E-state index contributed by atoms with van der Waals surface area (Å²) in [4.78, 5) is 22.9.